The lowest BCUT2D eigenvalue weighted by Gasteiger charge is -2.10. The standard InChI is InChI=1S/C19H21NO4/c1-10(2)20-18(21)6-5-13-12(4)15-7-14-11(3)9-23-16(14)8-17(15)24-19(13)22/h7-10H,5-6H2,1-4H3,(H,20,21). The van der Waals surface area contributed by atoms with E-state index in [9.17, 15) is 9.59 Å². The summed E-state index contributed by atoms with van der Waals surface area (Å²) in [6.07, 6.45) is 2.32. The highest BCUT2D eigenvalue weighted by Gasteiger charge is 2.15. The van der Waals surface area contributed by atoms with Gasteiger partial charge in [-0.1, -0.05) is 0 Å². The van der Waals surface area contributed by atoms with E-state index in [2.05, 4.69) is 5.32 Å². The second kappa shape index (κ2) is 6.15. The molecule has 0 atom stereocenters. The number of amides is 1. The summed E-state index contributed by atoms with van der Waals surface area (Å²) in [6.45, 7) is 7.69. The minimum absolute atomic E-state index is 0.0648. The quantitative estimate of drug-likeness (QED) is 0.743. The Morgan fingerprint density at radius 1 is 1.17 bits per heavy atom. The summed E-state index contributed by atoms with van der Waals surface area (Å²) in [4.78, 5) is 24.1. The van der Waals surface area contributed by atoms with Crippen LogP contribution in [-0.4, -0.2) is 11.9 Å². The number of rotatable bonds is 4. The molecule has 3 aromatic rings. The summed E-state index contributed by atoms with van der Waals surface area (Å²) in [5.74, 6) is -0.0648. The Kier molecular flexibility index (Phi) is 4.18. The molecule has 126 valence electrons. The first-order chi connectivity index (χ1) is 11.4. The highest BCUT2D eigenvalue weighted by molar-refractivity contribution is 5.96. The molecule has 5 nitrogen and oxygen atoms in total. The van der Waals surface area contributed by atoms with Crippen molar-refractivity contribution in [2.75, 3.05) is 0 Å². The maximum atomic E-state index is 12.3. The summed E-state index contributed by atoms with van der Waals surface area (Å²) in [7, 11) is 0. The first-order valence-electron chi connectivity index (χ1n) is 8.10. The van der Waals surface area contributed by atoms with Crippen LogP contribution in [0.4, 0.5) is 0 Å². The van der Waals surface area contributed by atoms with Crippen molar-refractivity contribution in [2.45, 2.75) is 46.6 Å². The van der Waals surface area contributed by atoms with Gasteiger partial charge in [0.05, 0.1) is 6.26 Å². The lowest BCUT2D eigenvalue weighted by molar-refractivity contribution is -0.121. The molecular weight excluding hydrogens is 306 g/mol. The van der Waals surface area contributed by atoms with Gasteiger partial charge in [-0.15, -0.1) is 0 Å². The Morgan fingerprint density at radius 3 is 2.62 bits per heavy atom. The van der Waals surface area contributed by atoms with E-state index in [1.54, 1.807) is 12.3 Å². The van der Waals surface area contributed by atoms with Gasteiger partial charge >= 0.3 is 5.63 Å². The maximum Gasteiger partial charge on any atom is 0.339 e. The van der Waals surface area contributed by atoms with E-state index >= 15 is 0 Å². The van der Waals surface area contributed by atoms with E-state index in [1.165, 1.54) is 0 Å². The Morgan fingerprint density at radius 2 is 1.92 bits per heavy atom. The Labute approximate surface area is 139 Å². The smallest absolute Gasteiger partial charge is 0.339 e. The number of fused-ring (bicyclic) bond motifs is 2. The van der Waals surface area contributed by atoms with Crippen LogP contribution in [0.25, 0.3) is 21.9 Å². The van der Waals surface area contributed by atoms with E-state index in [0.29, 0.717) is 23.2 Å². The Balaban J connectivity index is 2.02. The predicted molar refractivity (Wildman–Crippen MR) is 93.3 cm³/mol. The van der Waals surface area contributed by atoms with E-state index in [0.717, 1.165) is 21.9 Å². The summed E-state index contributed by atoms with van der Waals surface area (Å²) in [5.41, 5.74) is 3.28. The SMILES string of the molecule is Cc1coc2cc3oc(=O)c(CCC(=O)NC(C)C)c(C)c3cc12. The van der Waals surface area contributed by atoms with E-state index in [4.69, 9.17) is 8.83 Å². The van der Waals surface area contributed by atoms with Crippen LogP contribution in [-0.2, 0) is 11.2 Å². The molecule has 2 heterocycles. The van der Waals surface area contributed by atoms with E-state index in [-0.39, 0.29) is 24.0 Å². The molecule has 0 aliphatic carbocycles. The maximum absolute atomic E-state index is 12.3. The zero-order valence-electron chi connectivity index (χ0n) is 14.4. The first kappa shape index (κ1) is 16.3. The lowest BCUT2D eigenvalue weighted by atomic mass is 10.0. The lowest BCUT2D eigenvalue weighted by Crippen LogP contribution is -2.30. The molecule has 1 amide bonds. The number of hydrogen-bond donors (Lipinski definition) is 1. The zero-order valence-corrected chi connectivity index (χ0v) is 14.4. The van der Waals surface area contributed by atoms with Crippen molar-refractivity contribution < 1.29 is 13.6 Å². The highest BCUT2D eigenvalue weighted by Crippen LogP contribution is 2.28. The summed E-state index contributed by atoms with van der Waals surface area (Å²) in [6, 6.07) is 3.82. The Bertz CT molecular complexity index is 978. The monoisotopic (exact) mass is 327 g/mol. The average Bonchev–Trinajstić information content (AvgIpc) is 2.85. The van der Waals surface area contributed by atoms with Gasteiger partial charge in [-0.2, -0.15) is 0 Å². The number of nitrogens with one attached hydrogen (secondary N) is 1. The Hall–Kier alpha value is -2.56. The molecule has 1 aromatic carbocycles. The molecule has 0 unspecified atom stereocenters. The molecule has 0 spiro atoms. The number of hydrogen-bond acceptors (Lipinski definition) is 4. The van der Waals surface area contributed by atoms with Gasteiger partial charge in [-0.3, -0.25) is 4.79 Å². The van der Waals surface area contributed by atoms with Gasteiger partial charge in [0.25, 0.3) is 0 Å². The van der Waals surface area contributed by atoms with Crippen molar-refractivity contribution >= 4 is 27.8 Å². The fourth-order valence-corrected chi connectivity index (χ4v) is 2.96. The molecular formula is C19H21NO4. The van der Waals surface area contributed by atoms with Crippen LogP contribution in [0.15, 0.2) is 32.0 Å². The molecule has 2 aromatic heterocycles. The second-order valence-electron chi connectivity index (χ2n) is 6.48. The average molecular weight is 327 g/mol. The summed E-state index contributed by atoms with van der Waals surface area (Å²) in [5, 5.41) is 4.72. The van der Waals surface area contributed by atoms with E-state index in [1.807, 2.05) is 33.8 Å². The molecule has 5 heteroatoms. The molecule has 0 radical (unpaired) electrons. The van der Waals surface area contributed by atoms with Crippen molar-refractivity contribution in [2.24, 2.45) is 0 Å². The largest absolute Gasteiger partial charge is 0.464 e. The second-order valence-corrected chi connectivity index (χ2v) is 6.48. The van der Waals surface area contributed by atoms with Crippen LogP contribution in [0.2, 0.25) is 0 Å². The number of carbonyl (C=O) groups is 1. The van der Waals surface area contributed by atoms with Gasteiger partial charge in [-0.05, 0) is 51.3 Å². The van der Waals surface area contributed by atoms with Crippen molar-refractivity contribution in [3.05, 3.63) is 45.5 Å². The molecule has 3 rings (SSSR count). The molecule has 0 fully saturated rings. The number of furan rings is 1. The van der Waals surface area contributed by atoms with Crippen LogP contribution in [0.1, 0.15) is 37.0 Å². The molecule has 24 heavy (non-hydrogen) atoms. The van der Waals surface area contributed by atoms with E-state index < -0.39 is 0 Å². The van der Waals surface area contributed by atoms with Gasteiger partial charge < -0.3 is 14.2 Å². The predicted octanol–water partition coefficient (Wildman–Crippen LogP) is 3.61. The molecule has 0 bridgehead atoms. The number of benzene rings is 1. The third-order valence-electron chi connectivity index (χ3n) is 4.23. The molecule has 0 saturated heterocycles. The number of aryl methyl sites for hydroxylation is 2. The number of carbonyl (C=O) groups excluding carboxylic acids is 1. The molecule has 0 aliphatic heterocycles. The van der Waals surface area contributed by atoms with Gasteiger partial charge in [0, 0.05) is 34.9 Å². The van der Waals surface area contributed by atoms with Gasteiger partial charge in [-0.25, -0.2) is 4.79 Å². The van der Waals surface area contributed by atoms with Crippen LogP contribution >= 0.6 is 0 Å². The highest BCUT2D eigenvalue weighted by atomic mass is 16.4. The zero-order chi connectivity index (χ0) is 17.4. The third kappa shape index (κ3) is 2.94. The first-order valence-corrected chi connectivity index (χ1v) is 8.10. The van der Waals surface area contributed by atoms with Gasteiger partial charge in [0.2, 0.25) is 5.91 Å². The normalized spacial score (nSPS) is 11.5. The summed E-state index contributed by atoms with van der Waals surface area (Å²) >= 11 is 0. The van der Waals surface area contributed by atoms with Crippen molar-refractivity contribution in [3.63, 3.8) is 0 Å². The van der Waals surface area contributed by atoms with Gasteiger partial charge in [0.1, 0.15) is 11.2 Å². The minimum atomic E-state index is -0.389. The molecule has 0 saturated carbocycles. The van der Waals surface area contributed by atoms with Crippen LogP contribution in [0, 0.1) is 13.8 Å². The van der Waals surface area contributed by atoms with Crippen LogP contribution in [0.5, 0.6) is 0 Å². The van der Waals surface area contributed by atoms with Crippen molar-refractivity contribution in [1.82, 2.24) is 5.32 Å². The molecule has 1 N–H and O–H groups in total. The van der Waals surface area contributed by atoms with Crippen LogP contribution in [0.3, 0.4) is 0 Å². The minimum Gasteiger partial charge on any atom is -0.464 e. The van der Waals surface area contributed by atoms with Crippen molar-refractivity contribution in [3.8, 4) is 0 Å². The van der Waals surface area contributed by atoms with Crippen LogP contribution < -0.4 is 10.9 Å². The summed E-state index contributed by atoms with van der Waals surface area (Å²) < 4.78 is 10.9. The van der Waals surface area contributed by atoms with Gasteiger partial charge in [0.15, 0.2) is 0 Å². The topological polar surface area (TPSA) is 72.5 Å². The van der Waals surface area contributed by atoms with Crippen molar-refractivity contribution in [1.29, 1.82) is 0 Å². The fourth-order valence-electron chi connectivity index (χ4n) is 2.96. The third-order valence-corrected chi connectivity index (χ3v) is 4.23. The molecule has 0 aliphatic rings. The fraction of sp³-hybridized carbons (Fsp3) is 0.368.